The van der Waals surface area contributed by atoms with Crippen LogP contribution < -0.4 is 9.64 Å². The Balaban J connectivity index is 1.08. The molecule has 180 valence electrons. The van der Waals surface area contributed by atoms with E-state index < -0.39 is 0 Å². The average molecular weight is 460 g/mol. The number of allylic oxidation sites excluding steroid dienone is 1. The lowest BCUT2D eigenvalue weighted by Gasteiger charge is -2.57. The van der Waals surface area contributed by atoms with Crippen molar-refractivity contribution < 1.29 is 4.74 Å². The van der Waals surface area contributed by atoms with Crippen molar-refractivity contribution in [2.24, 2.45) is 17.3 Å². The summed E-state index contributed by atoms with van der Waals surface area (Å²) < 4.78 is 6.16. The van der Waals surface area contributed by atoms with Gasteiger partial charge in [-0.3, -0.25) is 9.80 Å². The maximum Gasteiger partial charge on any atom is 0.225 e. The highest BCUT2D eigenvalue weighted by molar-refractivity contribution is 5.38. The van der Waals surface area contributed by atoms with Crippen LogP contribution in [0.25, 0.3) is 0 Å². The van der Waals surface area contributed by atoms with Gasteiger partial charge in [-0.2, -0.15) is 0 Å². The molecule has 2 aromatic rings. The Morgan fingerprint density at radius 3 is 2.59 bits per heavy atom. The highest BCUT2D eigenvalue weighted by atomic mass is 16.5. The van der Waals surface area contributed by atoms with Gasteiger partial charge in [0.05, 0.1) is 0 Å². The number of ether oxygens (including phenoxy) is 1. The zero-order valence-corrected chi connectivity index (χ0v) is 20.6. The van der Waals surface area contributed by atoms with Gasteiger partial charge in [-0.1, -0.05) is 31.6 Å². The molecule has 3 aliphatic carbocycles. The van der Waals surface area contributed by atoms with Crippen molar-refractivity contribution in [2.75, 3.05) is 50.8 Å². The van der Waals surface area contributed by atoms with Crippen molar-refractivity contribution in [1.29, 1.82) is 0 Å². The van der Waals surface area contributed by atoms with Crippen molar-refractivity contribution in [2.45, 2.75) is 39.8 Å². The first-order chi connectivity index (χ1) is 16.6. The quantitative estimate of drug-likeness (QED) is 0.630. The summed E-state index contributed by atoms with van der Waals surface area (Å²) in [7, 11) is 0. The summed E-state index contributed by atoms with van der Waals surface area (Å²) in [5, 5.41) is 0. The predicted molar refractivity (Wildman–Crippen MR) is 135 cm³/mol. The Bertz CT molecular complexity index is 1040. The highest BCUT2D eigenvalue weighted by Gasteiger charge is 2.51. The van der Waals surface area contributed by atoms with Gasteiger partial charge in [0, 0.05) is 70.3 Å². The van der Waals surface area contributed by atoms with Crippen LogP contribution in [0.3, 0.4) is 0 Å². The number of fused-ring (bicyclic) bond motifs is 2. The maximum absolute atomic E-state index is 6.16. The van der Waals surface area contributed by atoms with Crippen LogP contribution in [0.4, 0.5) is 5.95 Å². The van der Waals surface area contributed by atoms with E-state index in [1.165, 1.54) is 24.0 Å². The summed E-state index contributed by atoms with van der Waals surface area (Å²) in [4.78, 5) is 16.2. The molecule has 34 heavy (non-hydrogen) atoms. The number of anilines is 1. The molecule has 1 saturated heterocycles. The van der Waals surface area contributed by atoms with Crippen LogP contribution in [0.15, 0.2) is 48.3 Å². The molecule has 0 amide bonds. The molecular weight excluding hydrogens is 422 g/mol. The third kappa shape index (κ3) is 4.22. The number of piperazine rings is 1. The van der Waals surface area contributed by atoms with E-state index in [2.05, 4.69) is 62.8 Å². The molecule has 6 heteroatoms. The Kier molecular flexibility index (Phi) is 5.82. The predicted octanol–water partition coefficient (Wildman–Crippen LogP) is 3.99. The van der Waals surface area contributed by atoms with Gasteiger partial charge in [0.2, 0.25) is 5.95 Å². The molecule has 1 aromatic carbocycles. The van der Waals surface area contributed by atoms with Gasteiger partial charge in [-0.25, -0.2) is 9.97 Å². The second-order valence-electron chi connectivity index (χ2n) is 11.1. The van der Waals surface area contributed by atoms with Crippen molar-refractivity contribution in [3.63, 3.8) is 0 Å². The first-order valence-corrected chi connectivity index (χ1v) is 13.0. The van der Waals surface area contributed by atoms with Crippen molar-refractivity contribution >= 4 is 5.95 Å². The van der Waals surface area contributed by atoms with Crippen LogP contribution >= 0.6 is 0 Å². The minimum atomic E-state index is 0.494. The van der Waals surface area contributed by atoms with E-state index in [1.54, 1.807) is 5.57 Å². The van der Waals surface area contributed by atoms with E-state index in [4.69, 9.17) is 4.74 Å². The lowest BCUT2D eigenvalue weighted by molar-refractivity contribution is -0.0109. The van der Waals surface area contributed by atoms with Crippen molar-refractivity contribution in [1.82, 2.24) is 19.8 Å². The summed E-state index contributed by atoms with van der Waals surface area (Å²) in [6, 6.07) is 8.71. The lowest BCUT2D eigenvalue weighted by Crippen LogP contribution is -2.49. The fourth-order valence-electron chi connectivity index (χ4n) is 6.47. The molecule has 2 bridgehead atoms. The molecule has 1 aromatic heterocycles. The lowest BCUT2D eigenvalue weighted by atomic mass is 9.49. The number of aromatic nitrogens is 2. The molecule has 3 heterocycles. The van der Waals surface area contributed by atoms with Gasteiger partial charge in [0.1, 0.15) is 12.4 Å². The molecule has 2 aliphatic heterocycles. The van der Waals surface area contributed by atoms with E-state index in [0.29, 0.717) is 5.41 Å². The third-order valence-electron chi connectivity index (χ3n) is 8.79. The first-order valence-electron chi connectivity index (χ1n) is 13.0. The molecule has 2 fully saturated rings. The van der Waals surface area contributed by atoms with Crippen molar-refractivity contribution in [3.8, 4) is 5.75 Å². The number of benzene rings is 1. The number of rotatable bonds is 5. The van der Waals surface area contributed by atoms with Crippen LogP contribution in [-0.4, -0.2) is 65.6 Å². The molecule has 1 saturated carbocycles. The Labute approximate surface area is 203 Å². The molecule has 0 radical (unpaired) electrons. The smallest absolute Gasteiger partial charge is 0.225 e. The fourth-order valence-corrected chi connectivity index (χ4v) is 6.47. The Morgan fingerprint density at radius 1 is 1.00 bits per heavy atom. The average Bonchev–Trinajstić information content (AvgIpc) is 3.06. The van der Waals surface area contributed by atoms with E-state index in [0.717, 1.165) is 82.5 Å². The van der Waals surface area contributed by atoms with Crippen LogP contribution in [0.2, 0.25) is 0 Å². The van der Waals surface area contributed by atoms with Crippen LogP contribution in [0, 0.1) is 17.3 Å². The van der Waals surface area contributed by atoms with Crippen LogP contribution in [-0.2, 0) is 13.1 Å². The fraction of sp³-hybridized carbons (Fsp3) is 0.571. The normalized spacial score (nSPS) is 26.6. The molecule has 7 rings (SSSR count). The SMILES string of the molecule is CC1(C)[C@H]2CC=C(CN3CCOc4ccc(CN5CCN(c6ncccn6)CC5)cc4C3)[C@@H]1C2. The molecule has 6 nitrogen and oxygen atoms in total. The van der Waals surface area contributed by atoms with E-state index in [9.17, 15) is 0 Å². The van der Waals surface area contributed by atoms with Gasteiger partial charge in [-0.15, -0.1) is 0 Å². The summed E-state index contributed by atoms with van der Waals surface area (Å²) in [5.74, 6) is 3.59. The van der Waals surface area contributed by atoms with Crippen LogP contribution in [0.5, 0.6) is 5.75 Å². The second kappa shape index (κ2) is 8.97. The zero-order valence-electron chi connectivity index (χ0n) is 20.6. The summed E-state index contributed by atoms with van der Waals surface area (Å²) >= 11 is 0. The Hall–Kier alpha value is -2.44. The van der Waals surface area contributed by atoms with Crippen LogP contribution in [0.1, 0.15) is 37.8 Å². The first kappa shape index (κ1) is 22.1. The minimum Gasteiger partial charge on any atom is -0.492 e. The second-order valence-corrected chi connectivity index (χ2v) is 11.1. The number of hydrogen-bond acceptors (Lipinski definition) is 6. The summed E-state index contributed by atoms with van der Waals surface area (Å²) in [6.07, 6.45) is 8.86. The molecule has 2 atom stereocenters. The molecule has 0 spiro atoms. The van der Waals surface area contributed by atoms with Gasteiger partial charge in [0.25, 0.3) is 0 Å². The number of nitrogens with zero attached hydrogens (tertiary/aromatic N) is 5. The molecule has 0 N–H and O–H groups in total. The summed E-state index contributed by atoms with van der Waals surface area (Å²) in [5.41, 5.74) is 4.89. The summed E-state index contributed by atoms with van der Waals surface area (Å²) in [6.45, 7) is 13.8. The van der Waals surface area contributed by atoms with E-state index in [-0.39, 0.29) is 0 Å². The molecule has 0 unspecified atom stereocenters. The molecular formula is C28H37N5O. The van der Waals surface area contributed by atoms with Crippen molar-refractivity contribution in [3.05, 3.63) is 59.4 Å². The van der Waals surface area contributed by atoms with Gasteiger partial charge < -0.3 is 9.64 Å². The molecule has 5 aliphatic rings. The van der Waals surface area contributed by atoms with E-state index >= 15 is 0 Å². The third-order valence-corrected chi connectivity index (χ3v) is 8.79. The minimum absolute atomic E-state index is 0.494. The topological polar surface area (TPSA) is 44.7 Å². The standard InChI is InChI=1S/C28H37N5O/c1-28(2)24-6-5-22(25(28)17-24)19-32-14-15-34-26-7-4-21(16-23(26)20-32)18-31-10-12-33(13-11-31)27-29-8-3-9-30-27/h3-5,7-9,16,24-25H,6,10-15,17-20H2,1-2H3/t24-,25-/m0/s1. The van der Waals surface area contributed by atoms with Gasteiger partial charge >= 0.3 is 0 Å². The van der Waals surface area contributed by atoms with E-state index in [1.807, 2.05) is 18.5 Å². The largest absolute Gasteiger partial charge is 0.492 e. The maximum atomic E-state index is 6.16. The monoisotopic (exact) mass is 459 g/mol. The Morgan fingerprint density at radius 2 is 1.82 bits per heavy atom. The zero-order chi connectivity index (χ0) is 23.1. The van der Waals surface area contributed by atoms with Gasteiger partial charge in [-0.05, 0) is 53.9 Å². The number of hydrogen-bond donors (Lipinski definition) is 0. The highest BCUT2D eigenvalue weighted by Crippen LogP contribution is 2.59. The van der Waals surface area contributed by atoms with Gasteiger partial charge in [0.15, 0.2) is 0 Å².